The lowest BCUT2D eigenvalue weighted by Crippen LogP contribution is -2.40. The fraction of sp³-hybridized carbons (Fsp3) is 0.923. The summed E-state index contributed by atoms with van der Waals surface area (Å²) in [6.45, 7) is 6.51. The van der Waals surface area contributed by atoms with Gasteiger partial charge in [-0.15, -0.1) is 0 Å². The number of carbonyl (C=O) groups is 1. The van der Waals surface area contributed by atoms with Crippen LogP contribution in [0.25, 0.3) is 0 Å². The molecule has 1 saturated heterocycles. The molecule has 0 aromatic carbocycles. The van der Waals surface area contributed by atoms with Crippen LogP contribution in [0.5, 0.6) is 0 Å². The fourth-order valence-electron chi connectivity index (χ4n) is 3.33. The van der Waals surface area contributed by atoms with Crippen LogP contribution in [0, 0.1) is 5.92 Å². The van der Waals surface area contributed by atoms with Gasteiger partial charge in [-0.25, -0.2) is 4.79 Å². The first kappa shape index (κ1) is 11.9. The second-order valence-electron chi connectivity index (χ2n) is 5.04. The number of rotatable bonds is 3. The normalized spacial score (nSPS) is 42.1. The van der Waals surface area contributed by atoms with Gasteiger partial charge in [0.25, 0.3) is 0 Å². The van der Waals surface area contributed by atoms with Crippen LogP contribution in [-0.4, -0.2) is 23.8 Å². The highest BCUT2D eigenvalue weighted by Gasteiger charge is 2.76. The first-order valence-electron chi connectivity index (χ1n) is 6.50. The molecule has 2 fully saturated rings. The molecular formula is C13H22O3. The van der Waals surface area contributed by atoms with Crippen LogP contribution in [0.15, 0.2) is 0 Å². The third kappa shape index (κ3) is 1.41. The van der Waals surface area contributed by atoms with Gasteiger partial charge in [-0.05, 0) is 32.1 Å². The molecule has 1 heterocycles. The Morgan fingerprint density at radius 2 is 2.19 bits per heavy atom. The van der Waals surface area contributed by atoms with Crippen molar-refractivity contribution in [2.75, 3.05) is 6.61 Å². The smallest absolute Gasteiger partial charge is 0.341 e. The first-order valence-corrected chi connectivity index (χ1v) is 6.50. The molecule has 0 N–H and O–H groups in total. The van der Waals surface area contributed by atoms with Crippen LogP contribution in [0.4, 0.5) is 0 Å². The predicted molar refractivity (Wildman–Crippen MR) is 61.1 cm³/mol. The highest BCUT2D eigenvalue weighted by Crippen LogP contribution is 2.61. The molecule has 16 heavy (non-hydrogen) atoms. The quantitative estimate of drug-likeness (QED) is 0.548. The predicted octanol–water partition coefficient (Wildman–Crippen LogP) is 2.68. The van der Waals surface area contributed by atoms with Crippen LogP contribution < -0.4 is 0 Å². The maximum atomic E-state index is 12.0. The highest BCUT2D eigenvalue weighted by atomic mass is 16.7. The molecule has 3 heteroatoms. The summed E-state index contributed by atoms with van der Waals surface area (Å²) >= 11 is 0. The number of ether oxygens (including phenoxy) is 2. The van der Waals surface area contributed by atoms with Gasteiger partial charge in [0.05, 0.1) is 6.61 Å². The molecule has 1 spiro atoms. The summed E-state index contributed by atoms with van der Waals surface area (Å²) in [5.41, 5.74) is -0.824. The maximum Gasteiger partial charge on any atom is 0.341 e. The Bertz CT molecular complexity index is 289. The van der Waals surface area contributed by atoms with E-state index in [-0.39, 0.29) is 11.6 Å². The zero-order valence-corrected chi connectivity index (χ0v) is 10.5. The molecule has 1 aliphatic carbocycles. The van der Waals surface area contributed by atoms with Crippen molar-refractivity contribution in [1.82, 2.24) is 0 Å². The van der Waals surface area contributed by atoms with E-state index in [2.05, 4.69) is 6.92 Å². The Morgan fingerprint density at radius 1 is 1.44 bits per heavy atom. The van der Waals surface area contributed by atoms with Crippen LogP contribution in [0.2, 0.25) is 0 Å². The molecule has 2 rings (SSSR count). The van der Waals surface area contributed by atoms with Crippen molar-refractivity contribution < 1.29 is 14.3 Å². The number of hydrogen-bond donors (Lipinski definition) is 0. The molecule has 1 aliphatic heterocycles. The van der Waals surface area contributed by atoms with Gasteiger partial charge in [-0.2, -0.15) is 0 Å². The Hall–Kier alpha value is -0.570. The average Bonchev–Trinajstić information content (AvgIpc) is 2.94. The van der Waals surface area contributed by atoms with Gasteiger partial charge in [0.1, 0.15) is 5.60 Å². The van der Waals surface area contributed by atoms with Crippen molar-refractivity contribution in [2.24, 2.45) is 5.92 Å². The summed E-state index contributed by atoms with van der Waals surface area (Å²) in [7, 11) is 0. The van der Waals surface area contributed by atoms with E-state index >= 15 is 0 Å². The van der Waals surface area contributed by atoms with Crippen LogP contribution in [0.1, 0.15) is 52.9 Å². The van der Waals surface area contributed by atoms with Gasteiger partial charge in [0.2, 0.25) is 0 Å². The summed E-state index contributed by atoms with van der Waals surface area (Å²) in [5, 5.41) is 0. The number of hydrogen-bond acceptors (Lipinski definition) is 3. The lowest BCUT2D eigenvalue weighted by Gasteiger charge is -2.28. The third-order valence-corrected chi connectivity index (χ3v) is 4.33. The molecule has 3 nitrogen and oxygen atoms in total. The standard InChI is InChI=1S/C13H22O3/c1-4-12(11(14)15-5-2)13(16-12)9-7-6-8-10(13)3/h10H,4-9H2,1-3H3. The zero-order valence-electron chi connectivity index (χ0n) is 10.5. The minimum atomic E-state index is -0.622. The van der Waals surface area contributed by atoms with E-state index in [9.17, 15) is 4.79 Å². The van der Waals surface area contributed by atoms with E-state index in [4.69, 9.17) is 9.47 Å². The van der Waals surface area contributed by atoms with Gasteiger partial charge in [0, 0.05) is 0 Å². The van der Waals surface area contributed by atoms with Crippen molar-refractivity contribution in [1.29, 1.82) is 0 Å². The van der Waals surface area contributed by atoms with Crippen molar-refractivity contribution in [3.05, 3.63) is 0 Å². The molecule has 3 atom stereocenters. The molecule has 2 aliphatic rings. The second-order valence-corrected chi connectivity index (χ2v) is 5.04. The van der Waals surface area contributed by atoms with Crippen LogP contribution >= 0.6 is 0 Å². The SMILES string of the molecule is CCOC(=O)C1(CC)OC12CCCCC2C. The Kier molecular flexibility index (Phi) is 2.99. The summed E-state index contributed by atoms with van der Waals surface area (Å²) in [6, 6.07) is 0. The summed E-state index contributed by atoms with van der Waals surface area (Å²) in [4.78, 5) is 12.0. The van der Waals surface area contributed by atoms with Gasteiger partial charge >= 0.3 is 5.97 Å². The molecule has 0 radical (unpaired) electrons. The summed E-state index contributed by atoms with van der Waals surface area (Å²) < 4.78 is 11.1. The monoisotopic (exact) mass is 226 g/mol. The highest BCUT2D eigenvalue weighted by molar-refractivity contribution is 5.85. The maximum absolute atomic E-state index is 12.0. The van der Waals surface area contributed by atoms with E-state index in [1.165, 1.54) is 19.3 Å². The molecule has 3 unspecified atom stereocenters. The van der Waals surface area contributed by atoms with Gasteiger partial charge in [-0.1, -0.05) is 26.7 Å². The van der Waals surface area contributed by atoms with Crippen molar-refractivity contribution in [3.8, 4) is 0 Å². The van der Waals surface area contributed by atoms with Crippen LogP contribution in [0.3, 0.4) is 0 Å². The summed E-state index contributed by atoms with van der Waals surface area (Å²) in [5.74, 6) is 0.330. The largest absolute Gasteiger partial charge is 0.464 e. The third-order valence-electron chi connectivity index (χ3n) is 4.33. The molecular weight excluding hydrogens is 204 g/mol. The van der Waals surface area contributed by atoms with E-state index < -0.39 is 5.60 Å². The first-order chi connectivity index (χ1) is 7.63. The van der Waals surface area contributed by atoms with Crippen molar-refractivity contribution in [3.63, 3.8) is 0 Å². The fourth-order valence-corrected chi connectivity index (χ4v) is 3.33. The zero-order chi connectivity index (χ0) is 11.8. The van der Waals surface area contributed by atoms with Gasteiger partial charge in [-0.3, -0.25) is 0 Å². The second kappa shape index (κ2) is 4.02. The number of carbonyl (C=O) groups excluding carboxylic acids is 1. The summed E-state index contributed by atoms with van der Waals surface area (Å²) in [6.07, 6.45) is 5.35. The number of esters is 1. The molecule has 0 amide bonds. The molecule has 0 aromatic rings. The lowest BCUT2D eigenvalue weighted by molar-refractivity contribution is -0.149. The Morgan fingerprint density at radius 3 is 2.75 bits per heavy atom. The molecule has 92 valence electrons. The Labute approximate surface area is 97.5 Å². The van der Waals surface area contributed by atoms with Crippen LogP contribution in [-0.2, 0) is 14.3 Å². The van der Waals surface area contributed by atoms with E-state index in [1.807, 2.05) is 13.8 Å². The van der Waals surface area contributed by atoms with E-state index in [1.54, 1.807) is 0 Å². The van der Waals surface area contributed by atoms with E-state index in [0.29, 0.717) is 12.5 Å². The van der Waals surface area contributed by atoms with Gasteiger partial charge in [0.15, 0.2) is 5.60 Å². The van der Waals surface area contributed by atoms with Crippen molar-refractivity contribution in [2.45, 2.75) is 64.1 Å². The molecule has 0 aromatic heterocycles. The topological polar surface area (TPSA) is 38.8 Å². The van der Waals surface area contributed by atoms with Crippen molar-refractivity contribution >= 4 is 5.97 Å². The minimum Gasteiger partial charge on any atom is -0.464 e. The van der Waals surface area contributed by atoms with E-state index in [0.717, 1.165) is 12.8 Å². The average molecular weight is 226 g/mol. The lowest BCUT2D eigenvalue weighted by atomic mass is 9.72. The minimum absolute atomic E-state index is 0.147. The molecule has 1 saturated carbocycles. The number of epoxide rings is 1. The molecule has 0 bridgehead atoms. The van der Waals surface area contributed by atoms with Gasteiger partial charge < -0.3 is 9.47 Å². The Balaban J connectivity index is 2.17.